The third-order valence-electron chi connectivity index (χ3n) is 3.31. The molecule has 3 heteroatoms. The highest BCUT2D eigenvalue weighted by Gasteiger charge is 2.29. The minimum absolute atomic E-state index is 0.244. The molecule has 0 aromatic heterocycles. The molecule has 1 fully saturated rings. The van der Waals surface area contributed by atoms with E-state index in [9.17, 15) is 4.39 Å². The van der Waals surface area contributed by atoms with Crippen molar-refractivity contribution in [1.29, 1.82) is 0 Å². The number of benzene rings is 1. The first-order valence-electron chi connectivity index (χ1n) is 5.31. The van der Waals surface area contributed by atoms with Crippen LogP contribution < -0.4 is 5.73 Å². The highest BCUT2D eigenvalue weighted by atomic mass is 35.5. The molecule has 0 radical (unpaired) electrons. The molecular weight excluding hydrogens is 213 g/mol. The summed E-state index contributed by atoms with van der Waals surface area (Å²) in [6.45, 7) is 1.87. The van der Waals surface area contributed by atoms with E-state index in [0.717, 1.165) is 18.4 Å². The average molecular weight is 228 g/mol. The fraction of sp³-hybridized carbons (Fsp3) is 0.500. The predicted octanol–water partition coefficient (Wildman–Crippen LogP) is 3.59. The van der Waals surface area contributed by atoms with Gasteiger partial charge in [0.2, 0.25) is 0 Å². The molecule has 0 amide bonds. The van der Waals surface area contributed by atoms with Gasteiger partial charge in [0.05, 0.1) is 5.02 Å². The van der Waals surface area contributed by atoms with Crippen molar-refractivity contribution < 1.29 is 4.39 Å². The lowest BCUT2D eigenvalue weighted by molar-refractivity contribution is 0.260. The summed E-state index contributed by atoms with van der Waals surface area (Å²) in [5.74, 6) is 0.129. The largest absolute Gasteiger partial charge is 0.324 e. The SMILES string of the molecule is Cc1ccc(F)c([C@H](N)C2CCC2)c1Cl. The van der Waals surface area contributed by atoms with Gasteiger partial charge < -0.3 is 5.73 Å². The zero-order valence-electron chi connectivity index (χ0n) is 8.76. The first kappa shape index (κ1) is 10.9. The van der Waals surface area contributed by atoms with E-state index in [1.807, 2.05) is 6.92 Å². The number of hydrogen-bond acceptors (Lipinski definition) is 1. The molecule has 0 saturated heterocycles. The quantitative estimate of drug-likeness (QED) is 0.821. The molecule has 1 saturated carbocycles. The molecule has 2 rings (SSSR count). The van der Waals surface area contributed by atoms with Crippen LogP contribution in [0, 0.1) is 18.7 Å². The molecule has 1 aromatic carbocycles. The highest BCUT2D eigenvalue weighted by Crippen LogP contribution is 2.40. The zero-order valence-corrected chi connectivity index (χ0v) is 9.52. The summed E-state index contributed by atoms with van der Waals surface area (Å²) in [6, 6.07) is 2.90. The zero-order chi connectivity index (χ0) is 11.0. The van der Waals surface area contributed by atoms with E-state index in [-0.39, 0.29) is 11.9 Å². The molecule has 1 aliphatic carbocycles. The Kier molecular flexibility index (Phi) is 2.98. The maximum absolute atomic E-state index is 13.6. The minimum Gasteiger partial charge on any atom is -0.324 e. The second-order valence-electron chi connectivity index (χ2n) is 4.31. The van der Waals surface area contributed by atoms with Crippen molar-refractivity contribution in [3.63, 3.8) is 0 Å². The van der Waals surface area contributed by atoms with Crippen molar-refractivity contribution in [2.75, 3.05) is 0 Å². The van der Waals surface area contributed by atoms with E-state index in [1.54, 1.807) is 6.07 Å². The number of hydrogen-bond donors (Lipinski definition) is 1. The monoisotopic (exact) mass is 227 g/mol. The van der Waals surface area contributed by atoms with Gasteiger partial charge in [-0.05, 0) is 37.3 Å². The van der Waals surface area contributed by atoms with Gasteiger partial charge in [-0.1, -0.05) is 24.1 Å². The van der Waals surface area contributed by atoms with Crippen molar-refractivity contribution in [3.8, 4) is 0 Å². The van der Waals surface area contributed by atoms with Gasteiger partial charge in [-0.3, -0.25) is 0 Å². The van der Waals surface area contributed by atoms with Crippen LogP contribution >= 0.6 is 11.6 Å². The summed E-state index contributed by atoms with van der Waals surface area (Å²) in [4.78, 5) is 0. The van der Waals surface area contributed by atoms with E-state index < -0.39 is 0 Å². The second-order valence-corrected chi connectivity index (χ2v) is 4.69. The Morgan fingerprint density at radius 2 is 2.13 bits per heavy atom. The summed E-state index contributed by atoms with van der Waals surface area (Å²) in [7, 11) is 0. The normalized spacial score (nSPS) is 18.7. The van der Waals surface area contributed by atoms with Crippen LogP contribution in [0.3, 0.4) is 0 Å². The molecule has 1 aromatic rings. The van der Waals surface area contributed by atoms with Crippen LogP contribution in [-0.2, 0) is 0 Å². The standard InChI is InChI=1S/C12H15ClFN/c1-7-5-6-9(14)10(11(7)13)12(15)8-3-2-4-8/h5-6,8,12H,2-4,15H2,1H3/t12-/m1/s1. The molecule has 0 aliphatic heterocycles. The molecule has 15 heavy (non-hydrogen) atoms. The summed E-state index contributed by atoms with van der Waals surface area (Å²) in [6.07, 6.45) is 3.37. The Labute approximate surface area is 94.4 Å². The van der Waals surface area contributed by atoms with Gasteiger partial charge in [-0.15, -0.1) is 0 Å². The third-order valence-corrected chi connectivity index (χ3v) is 3.81. The number of rotatable bonds is 2. The summed E-state index contributed by atoms with van der Waals surface area (Å²) < 4.78 is 13.6. The van der Waals surface area contributed by atoms with Crippen LogP contribution in [-0.4, -0.2) is 0 Å². The summed E-state index contributed by atoms with van der Waals surface area (Å²) in [5.41, 5.74) is 7.44. The lowest BCUT2D eigenvalue weighted by Crippen LogP contribution is -2.28. The molecule has 82 valence electrons. The smallest absolute Gasteiger partial charge is 0.129 e. The van der Waals surface area contributed by atoms with E-state index in [2.05, 4.69) is 0 Å². The van der Waals surface area contributed by atoms with E-state index in [4.69, 9.17) is 17.3 Å². The van der Waals surface area contributed by atoms with Crippen molar-refractivity contribution in [2.24, 2.45) is 11.7 Å². The van der Waals surface area contributed by atoms with Crippen molar-refractivity contribution in [3.05, 3.63) is 34.1 Å². The van der Waals surface area contributed by atoms with Gasteiger partial charge in [0.15, 0.2) is 0 Å². The second kappa shape index (κ2) is 4.11. The lowest BCUT2D eigenvalue weighted by atomic mass is 9.77. The van der Waals surface area contributed by atoms with Crippen molar-refractivity contribution >= 4 is 11.6 Å². The number of aryl methyl sites for hydroxylation is 1. The topological polar surface area (TPSA) is 26.0 Å². The van der Waals surface area contributed by atoms with Crippen LogP contribution in [0.25, 0.3) is 0 Å². The van der Waals surface area contributed by atoms with E-state index in [0.29, 0.717) is 16.5 Å². The number of nitrogens with two attached hydrogens (primary N) is 1. The first-order chi connectivity index (χ1) is 7.11. The van der Waals surface area contributed by atoms with E-state index in [1.165, 1.54) is 12.5 Å². The first-order valence-corrected chi connectivity index (χ1v) is 5.69. The van der Waals surface area contributed by atoms with Gasteiger partial charge in [-0.25, -0.2) is 4.39 Å². The molecule has 0 heterocycles. The fourth-order valence-electron chi connectivity index (χ4n) is 2.02. The van der Waals surface area contributed by atoms with Crippen molar-refractivity contribution in [2.45, 2.75) is 32.2 Å². The van der Waals surface area contributed by atoms with Gasteiger partial charge in [0.1, 0.15) is 5.82 Å². The van der Waals surface area contributed by atoms with Crippen molar-refractivity contribution in [1.82, 2.24) is 0 Å². The molecular formula is C12H15ClFN. The Bertz CT molecular complexity index is 374. The summed E-state index contributed by atoms with van der Waals surface area (Å²) >= 11 is 6.10. The Morgan fingerprint density at radius 1 is 1.47 bits per heavy atom. The van der Waals surface area contributed by atoms with Gasteiger partial charge in [0, 0.05) is 11.6 Å². The van der Waals surface area contributed by atoms with Gasteiger partial charge in [0.25, 0.3) is 0 Å². The minimum atomic E-state index is -0.273. The van der Waals surface area contributed by atoms with Gasteiger partial charge in [-0.2, -0.15) is 0 Å². The van der Waals surface area contributed by atoms with Crippen LogP contribution in [0.15, 0.2) is 12.1 Å². The average Bonchev–Trinajstić information content (AvgIpc) is 2.09. The third kappa shape index (κ3) is 1.88. The fourth-order valence-corrected chi connectivity index (χ4v) is 2.30. The van der Waals surface area contributed by atoms with Crippen LogP contribution in [0.4, 0.5) is 4.39 Å². The maximum atomic E-state index is 13.6. The van der Waals surface area contributed by atoms with E-state index >= 15 is 0 Å². The molecule has 2 N–H and O–H groups in total. The molecule has 1 aliphatic rings. The van der Waals surface area contributed by atoms with Crippen LogP contribution in [0.1, 0.15) is 36.4 Å². The number of halogens is 2. The highest BCUT2D eigenvalue weighted by molar-refractivity contribution is 6.32. The molecule has 0 bridgehead atoms. The lowest BCUT2D eigenvalue weighted by Gasteiger charge is -2.32. The Hall–Kier alpha value is -0.600. The summed E-state index contributed by atoms with van der Waals surface area (Å²) in [5, 5.41) is 0.495. The van der Waals surface area contributed by atoms with Gasteiger partial charge >= 0.3 is 0 Å². The van der Waals surface area contributed by atoms with Crippen LogP contribution in [0.2, 0.25) is 5.02 Å². The molecule has 1 nitrogen and oxygen atoms in total. The maximum Gasteiger partial charge on any atom is 0.129 e. The Balaban J connectivity index is 2.36. The molecule has 0 unspecified atom stereocenters. The van der Waals surface area contributed by atoms with Crippen LogP contribution in [0.5, 0.6) is 0 Å². The Morgan fingerprint density at radius 3 is 2.67 bits per heavy atom. The predicted molar refractivity (Wildman–Crippen MR) is 60.4 cm³/mol. The molecule has 1 atom stereocenters. The molecule has 0 spiro atoms.